The summed E-state index contributed by atoms with van der Waals surface area (Å²) in [5, 5.41) is 4.12. The largest absolute Gasteiger partial charge is 0.495 e. The van der Waals surface area contributed by atoms with E-state index >= 15 is 0 Å². The summed E-state index contributed by atoms with van der Waals surface area (Å²) in [5.74, 6) is -0.522. The topological polar surface area (TPSA) is 99.4 Å². The number of piperidine rings is 1. The highest BCUT2D eigenvalue weighted by atomic mass is 32.2. The lowest BCUT2D eigenvalue weighted by Crippen LogP contribution is -2.42. The molecular weight excluding hydrogens is 425 g/mol. The minimum atomic E-state index is -3.88. The lowest BCUT2D eigenvalue weighted by atomic mass is 10.1. The molecular formula is C20H22FN5O4S. The van der Waals surface area contributed by atoms with Gasteiger partial charge in [0.25, 0.3) is 0 Å². The highest BCUT2D eigenvalue weighted by Gasteiger charge is 2.32. The molecule has 1 fully saturated rings. The van der Waals surface area contributed by atoms with Gasteiger partial charge in [0.1, 0.15) is 22.6 Å². The molecule has 11 heteroatoms. The van der Waals surface area contributed by atoms with Crippen molar-refractivity contribution in [2.75, 3.05) is 20.2 Å². The van der Waals surface area contributed by atoms with Crippen molar-refractivity contribution in [1.29, 1.82) is 0 Å². The zero-order valence-electron chi connectivity index (χ0n) is 17.1. The maximum Gasteiger partial charge on any atom is 0.316 e. The van der Waals surface area contributed by atoms with Crippen molar-refractivity contribution in [2.45, 2.75) is 23.8 Å². The molecule has 0 saturated carbocycles. The molecule has 1 aliphatic rings. The molecule has 9 nitrogen and oxygen atoms in total. The van der Waals surface area contributed by atoms with E-state index in [0.717, 1.165) is 23.3 Å². The molecule has 4 rings (SSSR count). The summed E-state index contributed by atoms with van der Waals surface area (Å²) in [7, 11) is -0.699. The van der Waals surface area contributed by atoms with Crippen molar-refractivity contribution >= 4 is 10.0 Å². The summed E-state index contributed by atoms with van der Waals surface area (Å²) in [5.41, 5.74) is 1.73. The SMILES string of the molecule is COc1ccc(F)cc1S(=O)(=O)N1CCC(Oc2ncc(-c3cnn(C)c3)cn2)CC1. The number of aryl methyl sites for hydroxylation is 1. The first-order chi connectivity index (χ1) is 14.9. The fourth-order valence-electron chi connectivity index (χ4n) is 3.43. The second kappa shape index (κ2) is 8.60. The molecule has 0 spiro atoms. The monoisotopic (exact) mass is 447 g/mol. The van der Waals surface area contributed by atoms with Gasteiger partial charge < -0.3 is 9.47 Å². The van der Waals surface area contributed by atoms with Crippen LogP contribution < -0.4 is 9.47 Å². The Hall–Kier alpha value is -3.05. The zero-order chi connectivity index (χ0) is 22.0. The van der Waals surface area contributed by atoms with Crippen LogP contribution in [0.25, 0.3) is 11.1 Å². The van der Waals surface area contributed by atoms with Gasteiger partial charge in [-0.15, -0.1) is 0 Å². The predicted octanol–water partition coefficient (Wildman–Crippen LogP) is 2.26. The Labute approximate surface area is 179 Å². The molecule has 31 heavy (non-hydrogen) atoms. The Bertz CT molecular complexity index is 1160. The normalized spacial score (nSPS) is 15.7. The number of aromatic nitrogens is 4. The van der Waals surface area contributed by atoms with E-state index in [0.29, 0.717) is 12.8 Å². The standard InChI is InChI=1S/C20H22FN5O4S/c1-25-13-15(12-24-25)14-10-22-20(23-11-14)30-17-5-7-26(8-6-17)31(27,28)19-9-16(21)3-4-18(19)29-2/h3-4,9-13,17H,5-8H2,1-2H3. The molecule has 0 N–H and O–H groups in total. The molecule has 0 unspecified atom stereocenters. The van der Waals surface area contributed by atoms with Gasteiger partial charge in [0.05, 0.1) is 13.3 Å². The van der Waals surface area contributed by atoms with Crippen LogP contribution in [0.5, 0.6) is 11.8 Å². The molecule has 0 amide bonds. The predicted molar refractivity (Wildman–Crippen MR) is 110 cm³/mol. The number of hydrogen-bond acceptors (Lipinski definition) is 7. The second-order valence-electron chi connectivity index (χ2n) is 7.17. The first-order valence-corrected chi connectivity index (χ1v) is 11.1. The van der Waals surface area contributed by atoms with Crippen LogP contribution in [-0.2, 0) is 17.1 Å². The van der Waals surface area contributed by atoms with Gasteiger partial charge in [-0.25, -0.2) is 22.8 Å². The highest BCUT2D eigenvalue weighted by molar-refractivity contribution is 7.89. The van der Waals surface area contributed by atoms with E-state index in [1.807, 2.05) is 13.2 Å². The Morgan fingerprint density at radius 2 is 1.81 bits per heavy atom. The maximum absolute atomic E-state index is 13.6. The third kappa shape index (κ3) is 4.52. The van der Waals surface area contributed by atoms with Crippen LogP contribution in [-0.4, -0.2) is 58.8 Å². The number of rotatable bonds is 6. The minimum absolute atomic E-state index is 0.113. The van der Waals surface area contributed by atoms with Gasteiger partial charge in [-0.2, -0.15) is 9.40 Å². The van der Waals surface area contributed by atoms with Crippen molar-refractivity contribution < 1.29 is 22.3 Å². The summed E-state index contributed by atoms with van der Waals surface area (Å²) in [6, 6.07) is 3.69. The quantitative estimate of drug-likeness (QED) is 0.571. The summed E-state index contributed by atoms with van der Waals surface area (Å²) in [4.78, 5) is 8.31. The smallest absolute Gasteiger partial charge is 0.316 e. The molecule has 1 saturated heterocycles. The number of ether oxygens (including phenoxy) is 2. The number of halogens is 1. The van der Waals surface area contributed by atoms with Gasteiger partial charge in [0.15, 0.2) is 0 Å². The number of sulfonamides is 1. The molecule has 1 aliphatic heterocycles. The van der Waals surface area contributed by atoms with Crippen molar-refractivity contribution in [1.82, 2.24) is 24.1 Å². The number of benzene rings is 1. The van der Waals surface area contributed by atoms with Crippen LogP contribution in [0.3, 0.4) is 0 Å². The molecule has 2 aromatic heterocycles. The fourth-order valence-corrected chi connectivity index (χ4v) is 5.06. The van der Waals surface area contributed by atoms with E-state index in [4.69, 9.17) is 9.47 Å². The van der Waals surface area contributed by atoms with Gasteiger partial charge in [-0.1, -0.05) is 0 Å². The summed E-state index contributed by atoms with van der Waals surface area (Å²) >= 11 is 0. The van der Waals surface area contributed by atoms with Gasteiger partial charge in [0.2, 0.25) is 10.0 Å². The maximum atomic E-state index is 13.6. The molecule has 3 aromatic rings. The van der Waals surface area contributed by atoms with Gasteiger partial charge in [0, 0.05) is 49.9 Å². The summed E-state index contributed by atoms with van der Waals surface area (Å²) in [6.07, 6.45) is 7.62. The molecule has 164 valence electrons. The second-order valence-corrected chi connectivity index (χ2v) is 9.08. The van der Waals surface area contributed by atoms with E-state index in [9.17, 15) is 12.8 Å². The van der Waals surface area contributed by atoms with Crippen molar-refractivity contribution in [3.05, 3.63) is 48.8 Å². The minimum Gasteiger partial charge on any atom is -0.495 e. The third-order valence-electron chi connectivity index (χ3n) is 5.08. The van der Waals surface area contributed by atoms with E-state index in [1.165, 1.54) is 17.5 Å². The fraction of sp³-hybridized carbons (Fsp3) is 0.350. The van der Waals surface area contributed by atoms with Crippen LogP contribution in [0.1, 0.15) is 12.8 Å². The van der Waals surface area contributed by atoms with E-state index in [1.54, 1.807) is 23.3 Å². The number of nitrogens with zero attached hydrogens (tertiary/aromatic N) is 5. The Morgan fingerprint density at radius 3 is 2.42 bits per heavy atom. The molecule has 0 atom stereocenters. The summed E-state index contributed by atoms with van der Waals surface area (Å²) in [6.45, 7) is 0.473. The molecule has 1 aromatic carbocycles. The van der Waals surface area contributed by atoms with Gasteiger partial charge in [-0.3, -0.25) is 4.68 Å². The highest BCUT2D eigenvalue weighted by Crippen LogP contribution is 2.30. The molecule has 0 radical (unpaired) electrons. The first kappa shape index (κ1) is 21.2. The Kier molecular flexibility index (Phi) is 5.88. The average Bonchev–Trinajstić information content (AvgIpc) is 3.21. The van der Waals surface area contributed by atoms with E-state index < -0.39 is 15.8 Å². The zero-order valence-corrected chi connectivity index (χ0v) is 17.9. The van der Waals surface area contributed by atoms with Crippen LogP contribution >= 0.6 is 0 Å². The Balaban J connectivity index is 1.39. The third-order valence-corrected chi connectivity index (χ3v) is 7.00. The van der Waals surface area contributed by atoms with Gasteiger partial charge in [-0.05, 0) is 31.0 Å². The molecule has 3 heterocycles. The first-order valence-electron chi connectivity index (χ1n) is 9.68. The van der Waals surface area contributed by atoms with Crippen molar-refractivity contribution in [3.8, 4) is 22.9 Å². The summed E-state index contributed by atoms with van der Waals surface area (Å²) < 4.78 is 53.5. The molecule has 0 bridgehead atoms. The Morgan fingerprint density at radius 1 is 1.10 bits per heavy atom. The molecule has 0 aliphatic carbocycles. The van der Waals surface area contributed by atoms with Crippen molar-refractivity contribution in [3.63, 3.8) is 0 Å². The van der Waals surface area contributed by atoms with Crippen molar-refractivity contribution in [2.24, 2.45) is 7.05 Å². The van der Waals surface area contributed by atoms with E-state index in [-0.39, 0.29) is 35.8 Å². The van der Waals surface area contributed by atoms with Gasteiger partial charge >= 0.3 is 6.01 Å². The average molecular weight is 447 g/mol. The van der Waals surface area contributed by atoms with Crippen LogP contribution in [0.2, 0.25) is 0 Å². The lowest BCUT2D eigenvalue weighted by Gasteiger charge is -2.31. The van der Waals surface area contributed by atoms with Crippen LogP contribution in [0, 0.1) is 5.82 Å². The van der Waals surface area contributed by atoms with Crippen LogP contribution in [0.4, 0.5) is 4.39 Å². The van der Waals surface area contributed by atoms with Crippen LogP contribution in [0.15, 0.2) is 47.9 Å². The van der Waals surface area contributed by atoms with E-state index in [2.05, 4.69) is 15.1 Å². The lowest BCUT2D eigenvalue weighted by molar-refractivity contribution is 0.124. The number of methoxy groups -OCH3 is 1. The number of hydrogen-bond donors (Lipinski definition) is 0.